The number of fused-ring (bicyclic) bond motifs is 1. The van der Waals surface area contributed by atoms with Crippen molar-refractivity contribution in [2.45, 2.75) is 25.5 Å². The van der Waals surface area contributed by atoms with E-state index in [1.54, 1.807) is 24.7 Å². The quantitative estimate of drug-likeness (QED) is 0.725. The third-order valence-electron chi connectivity index (χ3n) is 4.65. The minimum Gasteiger partial charge on any atom is -0.487 e. The number of hydrogen-bond donors (Lipinski definition) is 0. The first kappa shape index (κ1) is 16.0. The molecule has 25 heavy (non-hydrogen) atoms. The number of rotatable bonds is 4. The predicted molar refractivity (Wildman–Crippen MR) is 94.9 cm³/mol. The lowest BCUT2D eigenvalue weighted by Gasteiger charge is -2.32. The van der Waals surface area contributed by atoms with Crippen LogP contribution in [0.25, 0.3) is 10.8 Å². The highest BCUT2D eigenvalue weighted by atomic mass is 19.1. The minimum absolute atomic E-state index is 0.0546. The Hall–Kier alpha value is -2.53. The first-order valence-corrected chi connectivity index (χ1v) is 8.59. The van der Waals surface area contributed by atoms with Crippen molar-refractivity contribution in [3.63, 3.8) is 0 Å². The van der Waals surface area contributed by atoms with Crippen molar-refractivity contribution < 1.29 is 9.13 Å². The Kier molecular flexibility index (Phi) is 4.57. The lowest BCUT2D eigenvalue weighted by Crippen LogP contribution is -2.37. The minimum atomic E-state index is -0.321. The molecule has 1 aliphatic rings. The summed E-state index contributed by atoms with van der Waals surface area (Å²) in [5.41, 5.74) is 1.22. The van der Waals surface area contributed by atoms with Crippen molar-refractivity contribution >= 4 is 10.8 Å². The molecule has 0 atom stereocenters. The molecule has 0 radical (unpaired) electrons. The van der Waals surface area contributed by atoms with Crippen LogP contribution in [-0.4, -0.2) is 34.1 Å². The molecule has 0 N–H and O–H groups in total. The summed E-state index contributed by atoms with van der Waals surface area (Å²) in [6.45, 7) is 2.79. The number of benzene rings is 1. The lowest BCUT2D eigenvalue weighted by atomic mass is 10.1. The summed E-state index contributed by atoms with van der Waals surface area (Å²) in [4.78, 5) is 10.6. The summed E-state index contributed by atoms with van der Waals surface area (Å²) in [6, 6.07) is 9.19. The zero-order chi connectivity index (χ0) is 17.1. The average molecular weight is 337 g/mol. The van der Waals surface area contributed by atoms with Gasteiger partial charge in [0.2, 0.25) is 0 Å². The van der Waals surface area contributed by atoms with Gasteiger partial charge in [-0.1, -0.05) is 6.07 Å². The Morgan fingerprint density at radius 1 is 1.04 bits per heavy atom. The van der Waals surface area contributed by atoms with E-state index in [1.165, 1.54) is 11.6 Å². The van der Waals surface area contributed by atoms with Gasteiger partial charge in [0.15, 0.2) is 11.6 Å². The second kappa shape index (κ2) is 7.15. The molecule has 1 aromatic carbocycles. The molecule has 5 heteroatoms. The van der Waals surface area contributed by atoms with Gasteiger partial charge in [-0.2, -0.15) is 0 Å². The number of pyridine rings is 2. The lowest BCUT2D eigenvalue weighted by molar-refractivity contribution is 0.0936. The van der Waals surface area contributed by atoms with E-state index in [9.17, 15) is 4.39 Å². The summed E-state index contributed by atoms with van der Waals surface area (Å²) in [6.07, 6.45) is 8.92. The Bertz CT molecular complexity index is 848. The van der Waals surface area contributed by atoms with E-state index in [4.69, 9.17) is 4.74 Å². The topological polar surface area (TPSA) is 38.2 Å². The maximum Gasteiger partial charge on any atom is 0.165 e. The molecule has 3 aromatic rings. The summed E-state index contributed by atoms with van der Waals surface area (Å²) in [7, 11) is 0. The zero-order valence-corrected chi connectivity index (χ0v) is 13.9. The van der Waals surface area contributed by atoms with E-state index in [0.29, 0.717) is 5.75 Å². The summed E-state index contributed by atoms with van der Waals surface area (Å²) >= 11 is 0. The SMILES string of the molecule is Fc1cc2cnccc2cc1OC1CCN(Cc2cccnc2)CC1. The van der Waals surface area contributed by atoms with Crippen LogP contribution in [0.1, 0.15) is 18.4 Å². The van der Waals surface area contributed by atoms with E-state index >= 15 is 0 Å². The van der Waals surface area contributed by atoms with Crippen molar-refractivity contribution in [2.24, 2.45) is 0 Å². The molecule has 0 amide bonds. The van der Waals surface area contributed by atoms with Gasteiger partial charge in [-0.25, -0.2) is 4.39 Å². The van der Waals surface area contributed by atoms with Crippen LogP contribution >= 0.6 is 0 Å². The van der Waals surface area contributed by atoms with Gasteiger partial charge in [-0.15, -0.1) is 0 Å². The fourth-order valence-corrected chi connectivity index (χ4v) is 3.29. The van der Waals surface area contributed by atoms with Crippen LogP contribution in [0.4, 0.5) is 4.39 Å². The summed E-state index contributed by atoms with van der Waals surface area (Å²) < 4.78 is 20.2. The zero-order valence-electron chi connectivity index (χ0n) is 13.9. The maximum atomic E-state index is 14.3. The molecule has 0 unspecified atom stereocenters. The smallest absolute Gasteiger partial charge is 0.165 e. The van der Waals surface area contributed by atoms with E-state index in [-0.39, 0.29) is 11.9 Å². The van der Waals surface area contributed by atoms with Crippen LogP contribution in [-0.2, 0) is 6.54 Å². The van der Waals surface area contributed by atoms with E-state index < -0.39 is 0 Å². The van der Waals surface area contributed by atoms with Gasteiger partial charge in [0, 0.05) is 49.8 Å². The number of ether oxygens (including phenoxy) is 1. The number of aromatic nitrogens is 2. The van der Waals surface area contributed by atoms with Gasteiger partial charge in [-0.3, -0.25) is 14.9 Å². The number of nitrogens with zero attached hydrogens (tertiary/aromatic N) is 3. The van der Waals surface area contributed by atoms with Crippen LogP contribution in [0.15, 0.2) is 55.1 Å². The second-order valence-electron chi connectivity index (χ2n) is 6.46. The van der Waals surface area contributed by atoms with Crippen LogP contribution in [0, 0.1) is 5.82 Å². The fraction of sp³-hybridized carbons (Fsp3) is 0.300. The van der Waals surface area contributed by atoms with Crippen molar-refractivity contribution in [3.05, 3.63) is 66.5 Å². The molecule has 4 nitrogen and oxygen atoms in total. The third-order valence-corrected chi connectivity index (χ3v) is 4.65. The molecule has 2 aromatic heterocycles. The van der Waals surface area contributed by atoms with Crippen LogP contribution in [0.3, 0.4) is 0 Å². The highest BCUT2D eigenvalue weighted by Gasteiger charge is 2.21. The molecule has 0 aliphatic carbocycles. The van der Waals surface area contributed by atoms with Crippen molar-refractivity contribution in [3.8, 4) is 5.75 Å². The van der Waals surface area contributed by atoms with Crippen LogP contribution < -0.4 is 4.74 Å². The highest BCUT2D eigenvalue weighted by molar-refractivity contribution is 5.83. The summed E-state index contributed by atoms with van der Waals surface area (Å²) in [5, 5.41) is 1.74. The monoisotopic (exact) mass is 337 g/mol. The molecular weight excluding hydrogens is 317 g/mol. The number of likely N-dealkylation sites (tertiary alicyclic amines) is 1. The first-order chi connectivity index (χ1) is 12.3. The predicted octanol–water partition coefficient (Wildman–Crippen LogP) is 3.81. The van der Waals surface area contributed by atoms with E-state index in [0.717, 1.165) is 43.2 Å². The number of hydrogen-bond acceptors (Lipinski definition) is 4. The normalized spacial score (nSPS) is 16.2. The van der Waals surface area contributed by atoms with Crippen molar-refractivity contribution in [1.29, 1.82) is 0 Å². The Morgan fingerprint density at radius 3 is 2.68 bits per heavy atom. The molecule has 1 aliphatic heterocycles. The molecule has 1 saturated heterocycles. The maximum absolute atomic E-state index is 14.3. The largest absolute Gasteiger partial charge is 0.487 e. The standard InChI is InChI=1S/C20H20FN3O/c21-19-10-17-13-23-7-3-16(17)11-20(19)25-18-4-8-24(9-5-18)14-15-2-1-6-22-12-15/h1-3,6-7,10-13,18H,4-5,8-9,14H2. The molecule has 1 fully saturated rings. The van der Waals surface area contributed by atoms with Gasteiger partial charge in [0.25, 0.3) is 0 Å². The van der Waals surface area contributed by atoms with E-state index in [1.807, 2.05) is 18.3 Å². The van der Waals surface area contributed by atoms with Crippen molar-refractivity contribution in [1.82, 2.24) is 14.9 Å². The molecule has 4 rings (SSSR count). The highest BCUT2D eigenvalue weighted by Crippen LogP contribution is 2.27. The Balaban J connectivity index is 1.38. The molecule has 0 spiro atoms. The van der Waals surface area contributed by atoms with Gasteiger partial charge >= 0.3 is 0 Å². The Labute approximate surface area is 146 Å². The second-order valence-corrected chi connectivity index (χ2v) is 6.46. The third kappa shape index (κ3) is 3.77. The number of piperidine rings is 1. The van der Waals surface area contributed by atoms with Gasteiger partial charge in [-0.05, 0) is 48.1 Å². The molecule has 128 valence electrons. The first-order valence-electron chi connectivity index (χ1n) is 8.59. The van der Waals surface area contributed by atoms with Crippen LogP contribution in [0.2, 0.25) is 0 Å². The molecule has 0 saturated carbocycles. The average Bonchev–Trinajstić information content (AvgIpc) is 2.65. The fourth-order valence-electron chi connectivity index (χ4n) is 3.29. The Morgan fingerprint density at radius 2 is 1.88 bits per heavy atom. The molecular formula is C20H20FN3O. The van der Waals surface area contributed by atoms with Crippen molar-refractivity contribution in [2.75, 3.05) is 13.1 Å². The summed E-state index contributed by atoms with van der Waals surface area (Å²) in [5.74, 6) is 0.0164. The molecule has 0 bridgehead atoms. The van der Waals surface area contributed by atoms with Crippen LogP contribution in [0.5, 0.6) is 5.75 Å². The number of halogens is 1. The molecule has 3 heterocycles. The van der Waals surface area contributed by atoms with Gasteiger partial charge in [0.05, 0.1) is 0 Å². The van der Waals surface area contributed by atoms with Gasteiger partial charge in [0.1, 0.15) is 6.10 Å². The van der Waals surface area contributed by atoms with E-state index in [2.05, 4.69) is 20.9 Å². The van der Waals surface area contributed by atoms with Gasteiger partial charge < -0.3 is 4.74 Å².